The van der Waals surface area contributed by atoms with Crippen LogP contribution in [0.15, 0.2) is 0 Å². The van der Waals surface area contributed by atoms with Gasteiger partial charge in [-0.05, 0) is 6.92 Å². The SMILES string of the molecule is CCOC(=O)CNC(=O)C([NH3+])C(C)C. The Bertz CT molecular complexity index is 204. The highest BCUT2D eigenvalue weighted by Crippen LogP contribution is 1.95. The number of carbonyl (C=O) groups excluding carboxylic acids is 2. The third-order valence-corrected chi connectivity index (χ3v) is 1.85. The van der Waals surface area contributed by atoms with Gasteiger partial charge in [0.05, 0.1) is 6.61 Å². The Morgan fingerprint density at radius 1 is 1.43 bits per heavy atom. The molecule has 0 fully saturated rings. The van der Waals surface area contributed by atoms with Crippen molar-refractivity contribution in [2.24, 2.45) is 5.92 Å². The number of hydrogen-bond acceptors (Lipinski definition) is 3. The third kappa shape index (κ3) is 4.81. The van der Waals surface area contributed by atoms with Gasteiger partial charge < -0.3 is 15.8 Å². The lowest BCUT2D eigenvalue weighted by molar-refractivity contribution is -0.414. The van der Waals surface area contributed by atoms with Crippen LogP contribution in [0.25, 0.3) is 0 Å². The summed E-state index contributed by atoms with van der Waals surface area (Å²) in [6.45, 7) is 5.78. The summed E-state index contributed by atoms with van der Waals surface area (Å²) in [4.78, 5) is 22.2. The molecule has 0 aliphatic rings. The molecule has 1 atom stereocenters. The lowest BCUT2D eigenvalue weighted by Crippen LogP contribution is -2.70. The zero-order chi connectivity index (χ0) is 11.1. The zero-order valence-electron chi connectivity index (χ0n) is 9.00. The van der Waals surface area contributed by atoms with Crippen LogP contribution < -0.4 is 11.1 Å². The molecule has 0 radical (unpaired) electrons. The van der Waals surface area contributed by atoms with Crippen LogP contribution in [0.5, 0.6) is 0 Å². The maximum Gasteiger partial charge on any atom is 0.325 e. The standard InChI is InChI=1S/C9H18N2O3/c1-4-14-7(12)5-11-9(13)8(10)6(2)3/h6,8H,4-5,10H2,1-3H3,(H,11,13)/p+1. The lowest BCUT2D eigenvalue weighted by Gasteiger charge is -2.11. The first-order valence-electron chi connectivity index (χ1n) is 4.75. The van der Waals surface area contributed by atoms with Crippen molar-refractivity contribution in [3.8, 4) is 0 Å². The molecule has 0 aromatic heterocycles. The van der Waals surface area contributed by atoms with E-state index in [1.54, 1.807) is 6.92 Å². The highest BCUT2D eigenvalue weighted by atomic mass is 16.5. The van der Waals surface area contributed by atoms with E-state index in [2.05, 4.69) is 15.8 Å². The normalized spacial score (nSPS) is 12.4. The lowest BCUT2D eigenvalue weighted by atomic mass is 10.1. The van der Waals surface area contributed by atoms with Gasteiger partial charge in [-0.2, -0.15) is 0 Å². The van der Waals surface area contributed by atoms with Gasteiger partial charge in [0, 0.05) is 5.92 Å². The van der Waals surface area contributed by atoms with Crippen molar-refractivity contribution in [1.29, 1.82) is 0 Å². The van der Waals surface area contributed by atoms with Crippen molar-refractivity contribution >= 4 is 11.9 Å². The summed E-state index contributed by atoms with van der Waals surface area (Å²) in [5.41, 5.74) is 3.70. The van der Waals surface area contributed by atoms with Crippen LogP contribution in [0.2, 0.25) is 0 Å². The van der Waals surface area contributed by atoms with E-state index < -0.39 is 5.97 Å². The van der Waals surface area contributed by atoms with Crippen molar-refractivity contribution in [3.63, 3.8) is 0 Å². The topological polar surface area (TPSA) is 83.0 Å². The minimum atomic E-state index is -0.420. The van der Waals surface area contributed by atoms with E-state index in [1.165, 1.54) is 0 Å². The van der Waals surface area contributed by atoms with E-state index >= 15 is 0 Å². The van der Waals surface area contributed by atoms with Gasteiger partial charge in [-0.25, -0.2) is 0 Å². The van der Waals surface area contributed by atoms with Gasteiger partial charge in [0.1, 0.15) is 6.54 Å². The Morgan fingerprint density at radius 3 is 2.43 bits per heavy atom. The van der Waals surface area contributed by atoms with E-state index in [-0.39, 0.29) is 24.4 Å². The number of esters is 1. The van der Waals surface area contributed by atoms with Crippen LogP contribution in [0.4, 0.5) is 0 Å². The van der Waals surface area contributed by atoms with E-state index in [9.17, 15) is 9.59 Å². The van der Waals surface area contributed by atoms with Crippen LogP contribution in [-0.2, 0) is 14.3 Å². The highest BCUT2D eigenvalue weighted by molar-refractivity contribution is 5.84. The molecule has 5 nitrogen and oxygen atoms in total. The summed E-state index contributed by atoms with van der Waals surface area (Å²) >= 11 is 0. The number of amides is 1. The molecule has 14 heavy (non-hydrogen) atoms. The highest BCUT2D eigenvalue weighted by Gasteiger charge is 2.21. The van der Waals surface area contributed by atoms with Gasteiger partial charge in [0.15, 0.2) is 6.04 Å². The predicted molar refractivity (Wildman–Crippen MR) is 51.2 cm³/mol. The van der Waals surface area contributed by atoms with Crippen molar-refractivity contribution in [2.75, 3.05) is 13.2 Å². The second-order valence-corrected chi connectivity index (χ2v) is 3.37. The van der Waals surface area contributed by atoms with Crippen LogP contribution in [-0.4, -0.2) is 31.1 Å². The van der Waals surface area contributed by atoms with E-state index in [0.717, 1.165) is 0 Å². The molecule has 0 spiro atoms. The van der Waals surface area contributed by atoms with Crippen molar-refractivity contribution in [2.45, 2.75) is 26.8 Å². The Hall–Kier alpha value is -1.10. The maximum absolute atomic E-state index is 11.3. The van der Waals surface area contributed by atoms with Crippen LogP contribution in [0.1, 0.15) is 20.8 Å². The molecule has 1 unspecified atom stereocenters. The number of hydrogen-bond donors (Lipinski definition) is 2. The molecule has 0 aromatic rings. The molecule has 0 saturated carbocycles. The first-order valence-corrected chi connectivity index (χ1v) is 4.75. The minimum Gasteiger partial charge on any atom is -0.465 e. The first kappa shape index (κ1) is 12.9. The molecular weight excluding hydrogens is 184 g/mol. The minimum absolute atomic E-state index is 0.0780. The molecule has 0 bridgehead atoms. The Balaban J connectivity index is 3.79. The summed E-state index contributed by atoms with van der Waals surface area (Å²) < 4.78 is 4.66. The monoisotopic (exact) mass is 203 g/mol. The van der Waals surface area contributed by atoms with E-state index in [0.29, 0.717) is 6.61 Å². The molecule has 0 aromatic carbocycles. The Morgan fingerprint density at radius 2 is 2.00 bits per heavy atom. The smallest absolute Gasteiger partial charge is 0.325 e. The molecule has 0 aliphatic heterocycles. The van der Waals surface area contributed by atoms with Gasteiger partial charge in [-0.3, -0.25) is 9.59 Å². The predicted octanol–water partition coefficient (Wildman–Crippen LogP) is -1.07. The van der Waals surface area contributed by atoms with Crippen LogP contribution in [0.3, 0.4) is 0 Å². The molecule has 5 heteroatoms. The number of nitrogens with one attached hydrogen (secondary N) is 1. The first-order chi connectivity index (χ1) is 6.49. The number of quaternary nitrogens is 1. The number of carbonyl (C=O) groups is 2. The zero-order valence-corrected chi connectivity index (χ0v) is 9.00. The molecule has 0 rings (SSSR count). The van der Waals surface area contributed by atoms with Crippen LogP contribution in [0, 0.1) is 5.92 Å². The average Bonchev–Trinajstić information content (AvgIpc) is 2.13. The number of ether oxygens (including phenoxy) is 1. The fraction of sp³-hybridized carbons (Fsp3) is 0.778. The number of rotatable bonds is 5. The van der Waals surface area contributed by atoms with Crippen molar-refractivity contribution in [1.82, 2.24) is 5.32 Å². The summed E-state index contributed by atoms with van der Waals surface area (Å²) in [7, 11) is 0. The second kappa shape index (κ2) is 6.37. The summed E-state index contributed by atoms with van der Waals surface area (Å²) in [5.74, 6) is -0.470. The quantitative estimate of drug-likeness (QED) is 0.558. The van der Waals surface area contributed by atoms with Gasteiger partial charge in [-0.1, -0.05) is 13.8 Å². The van der Waals surface area contributed by atoms with Gasteiger partial charge in [-0.15, -0.1) is 0 Å². The summed E-state index contributed by atoms with van der Waals surface area (Å²) in [5, 5.41) is 2.47. The fourth-order valence-electron chi connectivity index (χ4n) is 0.805. The third-order valence-electron chi connectivity index (χ3n) is 1.85. The molecule has 0 aliphatic carbocycles. The fourth-order valence-corrected chi connectivity index (χ4v) is 0.805. The van der Waals surface area contributed by atoms with E-state index in [4.69, 9.17) is 0 Å². The van der Waals surface area contributed by atoms with E-state index in [1.807, 2.05) is 13.8 Å². The molecule has 0 saturated heterocycles. The summed E-state index contributed by atoms with van der Waals surface area (Å²) in [6, 6.07) is -0.329. The second-order valence-electron chi connectivity index (χ2n) is 3.37. The average molecular weight is 203 g/mol. The summed E-state index contributed by atoms with van der Waals surface area (Å²) in [6.07, 6.45) is 0. The molecular formula is C9H19N2O3+. The van der Waals surface area contributed by atoms with Crippen LogP contribution >= 0.6 is 0 Å². The van der Waals surface area contributed by atoms with Gasteiger partial charge in [0.2, 0.25) is 0 Å². The Labute approximate surface area is 84.0 Å². The largest absolute Gasteiger partial charge is 0.465 e. The Kier molecular flexibility index (Phi) is 5.87. The maximum atomic E-state index is 11.3. The molecule has 82 valence electrons. The molecule has 0 heterocycles. The molecule has 1 amide bonds. The molecule has 4 N–H and O–H groups in total. The van der Waals surface area contributed by atoms with Crippen molar-refractivity contribution in [3.05, 3.63) is 0 Å². The van der Waals surface area contributed by atoms with Gasteiger partial charge in [0.25, 0.3) is 5.91 Å². The van der Waals surface area contributed by atoms with Crippen molar-refractivity contribution < 1.29 is 20.1 Å². The van der Waals surface area contributed by atoms with Gasteiger partial charge >= 0.3 is 5.97 Å².